The third kappa shape index (κ3) is 3.09. The van der Waals surface area contributed by atoms with Crippen LogP contribution in [0.5, 0.6) is 0 Å². The van der Waals surface area contributed by atoms with Gasteiger partial charge in [0, 0.05) is 18.1 Å². The molecule has 0 radical (unpaired) electrons. The molecular weight excluding hydrogens is 336 g/mol. The highest BCUT2D eigenvalue weighted by Crippen LogP contribution is 2.30. The van der Waals surface area contributed by atoms with Crippen molar-refractivity contribution < 1.29 is 8.42 Å². The number of rotatable bonds is 5. The molecule has 0 unspecified atom stereocenters. The number of nitriles is 1. The molecule has 6 nitrogen and oxygen atoms in total. The molecule has 1 aromatic heterocycles. The van der Waals surface area contributed by atoms with Crippen LogP contribution in [0.1, 0.15) is 23.6 Å². The summed E-state index contributed by atoms with van der Waals surface area (Å²) < 4.78 is 27.9. The van der Waals surface area contributed by atoms with Crippen molar-refractivity contribution in [3.8, 4) is 6.07 Å². The number of fused-ring (bicyclic) bond motifs is 1. The molecule has 0 amide bonds. The van der Waals surface area contributed by atoms with Gasteiger partial charge in [-0.1, -0.05) is 25.1 Å². The minimum absolute atomic E-state index is 0.157. The summed E-state index contributed by atoms with van der Waals surface area (Å²) in [5, 5.41) is 10.0. The van der Waals surface area contributed by atoms with Crippen LogP contribution in [-0.4, -0.2) is 13.4 Å². The average Bonchev–Trinajstić information content (AvgIpc) is 3.06. The Hall–Kier alpha value is -2.82. The molecule has 0 aliphatic carbocycles. The van der Waals surface area contributed by atoms with E-state index in [0.29, 0.717) is 23.3 Å². The van der Waals surface area contributed by atoms with Gasteiger partial charge in [0.1, 0.15) is 6.07 Å². The van der Waals surface area contributed by atoms with Gasteiger partial charge in [0.25, 0.3) is 10.0 Å². The standard InChI is InChI=1S/C18H18N4O2S/c1-2-13-5-8-16(18-17(13)14(10-20)11-21-18)22-25(23,24)15-6-3-12(9-19)4-7-15/h3-8,11,21-22H,2,9,19H2,1H3. The number of sulfonamides is 1. The molecule has 25 heavy (non-hydrogen) atoms. The molecule has 3 rings (SSSR count). The Morgan fingerprint density at radius 2 is 1.92 bits per heavy atom. The Kier molecular flexibility index (Phi) is 4.49. The summed E-state index contributed by atoms with van der Waals surface area (Å²) >= 11 is 0. The van der Waals surface area contributed by atoms with Crippen molar-refractivity contribution in [3.63, 3.8) is 0 Å². The number of hydrogen-bond donors (Lipinski definition) is 3. The van der Waals surface area contributed by atoms with E-state index in [2.05, 4.69) is 15.8 Å². The highest BCUT2D eigenvalue weighted by molar-refractivity contribution is 7.92. The highest BCUT2D eigenvalue weighted by atomic mass is 32.2. The van der Waals surface area contributed by atoms with Crippen molar-refractivity contribution in [3.05, 3.63) is 59.3 Å². The molecule has 0 fully saturated rings. The first kappa shape index (κ1) is 17.0. The Bertz CT molecular complexity index is 1060. The summed E-state index contributed by atoms with van der Waals surface area (Å²) in [6, 6.07) is 12.1. The van der Waals surface area contributed by atoms with E-state index in [0.717, 1.165) is 22.9 Å². The number of nitrogens with one attached hydrogen (secondary N) is 2. The lowest BCUT2D eigenvalue weighted by Crippen LogP contribution is -2.13. The normalized spacial score (nSPS) is 11.4. The Morgan fingerprint density at radius 1 is 1.20 bits per heavy atom. The number of nitrogens with zero attached hydrogens (tertiary/aromatic N) is 1. The van der Waals surface area contributed by atoms with E-state index in [1.807, 2.05) is 13.0 Å². The molecule has 1 heterocycles. The van der Waals surface area contributed by atoms with Crippen LogP contribution in [0.4, 0.5) is 5.69 Å². The molecule has 2 aromatic carbocycles. The number of aryl methyl sites for hydroxylation is 1. The molecule has 7 heteroatoms. The fraction of sp³-hybridized carbons (Fsp3) is 0.167. The summed E-state index contributed by atoms with van der Waals surface area (Å²) in [7, 11) is -3.74. The summed E-state index contributed by atoms with van der Waals surface area (Å²) in [5.74, 6) is 0. The number of aromatic amines is 1. The van der Waals surface area contributed by atoms with Gasteiger partial charge in [-0.05, 0) is 35.7 Å². The van der Waals surface area contributed by atoms with E-state index in [9.17, 15) is 13.7 Å². The van der Waals surface area contributed by atoms with Gasteiger partial charge in [-0.15, -0.1) is 0 Å². The molecule has 0 saturated heterocycles. The van der Waals surface area contributed by atoms with Crippen molar-refractivity contribution in [2.24, 2.45) is 5.73 Å². The van der Waals surface area contributed by atoms with Crippen LogP contribution in [0.3, 0.4) is 0 Å². The van der Waals surface area contributed by atoms with Gasteiger partial charge in [-0.25, -0.2) is 8.42 Å². The second-order valence-corrected chi connectivity index (χ2v) is 7.33. The van der Waals surface area contributed by atoms with Crippen LogP contribution in [0, 0.1) is 11.3 Å². The van der Waals surface area contributed by atoms with Crippen LogP contribution < -0.4 is 10.5 Å². The van der Waals surface area contributed by atoms with E-state index in [1.165, 1.54) is 12.1 Å². The molecule has 0 aliphatic rings. The van der Waals surface area contributed by atoms with Crippen molar-refractivity contribution in [1.29, 1.82) is 5.26 Å². The summed E-state index contributed by atoms with van der Waals surface area (Å²) in [6.45, 7) is 2.35. The zero-order chi connectivity index (χ0) is 18.0. The van der Waals surface area contributed by atoms with Gasteiger partial charge < -0.3 is 10.7 Å². The van der Waals surface area contributed by atoms with Gasteiger partial charge >= 0.3 is 0 Å². The minimum Gasteiger partial charge on any atom is -0.358 e. The molecule has 0 bridgehead atoms. The minimum atomic E-state index is -3.74. The van der Waals surface area contributed by atoms with Crippen molar-refractivity contribution in [2.45, 2.75) is 24.8 Å². The van der Waals surface area contributed by atoms with Gasteiger partial charge in [0.15, 0.2) is 0 Å². The third-order valence-electron chi connectivity index (χ3n) is 4.14. The smallest absolute Gasteiger partial charge is 0.261 e. The Morgan fingerprint density at radius 3 is 2.52 bits per heavy atom. The lowest BCUT2D eigenvalue weighted by atomic mass is 10.0. The van der Waals surface area contributed by atoms with Gasteiger partial charge in [0.05, 0.1) is 21.7 Å². The van der Waals surface area contributed by atoms with Gasteiger partial charge in [-0.2, -0.15) is 5.26 Å². The summed E-state index contributed by atoms with van der Waals surface area (Å²) in [6.07, 6.45) is 2.34. The topological polar surface area (TPSA) is 112 Å². The molecule has 128 valence electrons. The average molecular weight is 354 g/mol. The number of hydrogen-bond acceptors (Lipinski definition) is 4. The third-order valence-corrected chi connectivity index (χ3v) is 5.52. The predicted octanol–water partition coefficient (Wildman–Crippen LogP) is 2.86. The molecule has 0 saturated carbocycles. The van der Waals surface area contributed by atoms with Gasteiger partial charge in [0.2, 0.25) is 0 Å². The number of aromatic nitrogens is 1. The molecule has 4 N–H and O–H groups in total. The van der Waals surface area contributed by atoms with Crippen LogP contribution in [0.15, 0.2) is 47.5 Å². The van der Waals surface area contributed by atoms with Gasteiger partial charge in [-0.3, -0.25) is 4.72 Å². The number of H-pyrrole nitrogens is 1. The lowest BCUT2D eigenvalue weighted by Gasteiger charge is -2.11. The van der Waals surface area contributed by atoms with E-state index >= 15 is 0 Å². The molecule has 0 aliphatic heterocycles. The fourth-order valence-electron chi connectivity index (χ4n) is 2.80. The monoisotopic (exact) mass is 354 g/mol. The van der Waals surface area contributed by atoms with E-state index in [4.69, 9.17) is 5.73 Å². The van der Waals surface area contributed by atoms with E-state index in [1.54, 1.807) is 24.4 Å². The van der Waals surface area contributed by atoms with Crippen LogP contribution in [0.25, 0.3) is 10.9 Å². The molecule has 3 aromatic rings. The molecular formula is C18H18N4O2S. The quantitative estimate of drug-likeness (QED) is 0.654. The second kappa shape index (κ2) is 6.59. The largest absolute Gasteiger partial charge is 0.358 e. The second-order valence-electron chi connectivity index (χ2n) is 5.64. The van der Waals surface area contributed by atoms with Crippen molar-refractivity contribution in [1.82, 2.24) is 4.98 Å². The lowest BCUT2D eigenvalue weighted by molar-refractivity contribution is 0.601. The van der Waals surface area contributed by atoms with Crippen molar-refractivity contribution in [2.75, 3.05) is 4.72 Å². The predicted molar refractivity (Wildman–Crippen MR) is 97.5 cm³/mol. The first-order chi connectivity index (χ1) is 12.0. The number of benzene rings is 2. The van der Waals surface area contributed by atoms with Crippen LogP contribution in [0.2, 0.25) is 0 Å². The maximum absolute atomic E-state index is 12.7. The number of anilines is 1. The van der Waals surface area contributed by atoms with Crippen LogP contribution in [-0.2, 0) is 23.0 Å². The first-order valence-corrected chi connectivity index (χ1v) is 9.33. The van der Waals surface area contributed by atoms with E-state index < -0.39 is 10.0 Å². The Balaban J connectivity index is 2.05. The highest BCUT2D eigenvalue weighted by Gasteiger charge is 2.18. The van der Waals surface area contributed by atoms with E-state index in [-0.39, 0.29) is 4.90 Å². The summed E-state index contributed by atoms with van der Waals surface area (Å²) in [5.41, 5.74) is 8.91. The summed E-state index contributed by atoms with van der Waals surface area (Å²) in [4.78, 5) is 3.17. The fourth-order valence-corrected chi connectivity index (χ4v) is 3.87. The zero-order valence-electron chi connectivity index (χ0n) is 13.7. The first-order valence-electron chi connectivity index (χ1n) is 7.85. The SMILES string of the molecule is CCc1ccc(NS(=O)(=O)c2ccc(CN)cc2)c2[nH]cc(C#N)c12. The maximum Gasteiger partial charge on any atom is 0.261 e. The van der Waals surface area contributed by atoms with Crippen molar-refractivity contribution >= 4 is 26.6 Å². The Labute approximate surface area is 146 Å². The molecule has 0 spiro atoms. The zero-order valence-corrected chi connectivity index (χ0v) is 14.5. The van der Waals surface area contributed by atoms with Crippen LogP contribution >= 0.6 is 0 Å². The number of nitrogens with two attached hydrogens (primary N) is 1. The molecule has 0 atom stereocenters. The maximum atomic E-state index is 12.7.